The summed E-state index contributed by atoms with van der Waals surface area (Å²) in [7, 11) is 0. The molecule has 0 bridgehead atoms. The van der Waals surface area contributed by atoms with Gasteiger partial charge in [0.1, 0.15) is 0 Å². The Morgan fingerprint density at radius 3 is 2.80 bits per heavy atom. The molecule has 0 aromatic carbocycles. The van der Waals surface area contributed by atoms with Crippen molar-refractivity contribution >= 4 is 11.9 Å². The third kappa shape index (κ3) is 1.00. The number of hydrogen-bond donors (Lipinski definition) is 1. The second kappa shape index (κ2) is 2.51. The van der Waals surface area contributed by atoms with E-state index in [0.717, 1.165) is 4.90 Å². The van der Waals surface area contributed by atoms with Crippen molar-refractivity contribution in [1.82, 2.24) is 10.2 Å². The van der Waals surface area contributed by atoms with E-state index in [1.54, 1.807) is 0 Å². The average molecular weight is 140 g/mol. The van der Waals surface area contributed by atoms with Crippen LogP contribution in [0.25, 0.3) is 0 Å². The smallest absolute Gasteiger partial charge is 0.324 e. The van der Waals surface area contributed by atoms with Gasteiger partial charge in [0, 0.05) is 6.54 Å². The van der Waals surface area contributed by atoms with E-state index in [4.69, 9.17) is 0 Å². The van der Waals surface area contributed by atoms with Crippen LogP contribution < -0.4 is 5.32 Å². The van der Waals surface area contributed by atoms with Gasteiger partial charge in [0.25, 0.3) is 0 Å². The maximum Gasteiger partial charge on any atom is 0.324 e. The topological polar surface area (TPSA) is 49.4 Å². The Morgan fingerprint density at radius 1 is 1.70 bits per heavy atom. The van der Waals surface area contributed by atoms with Gasteiger partial charge in [0.15, 0.2) is 0 Å². The zero-order valence-electron chi connectivity index (χ0n) is 5.46. The normalized spacial score (nSPS) is 17.4. The maximum atomic E-state index is 10.8. The molecule has 0 unspecified atom stereocenters. The van der Waals surface area contributed by atoms with Crippen LogP contribution in [0, 0.1) is 0 Å². The fourth-order valence-electron chi connectivity index (χ4n) is 0.769. The second-order valence-corrected chi connectivity index (χ2v) is 1.95. The summed E-state index contributed by atoms with van der Waals surface area (Å²) in [4.78, 5) is 22.6. The molecule has 0 saturated carbocycles. The van der Waals surface area contributed by atoms with E-state index in [1.165, 1.54) is 6.08 Å². The van der Waals surface area contributed by atoms with E-state index in [0.29, 0.717) is 6.54 Å². The molecule has 1 N–H and O–H groups in total. The number of carbonyl (C=O) groups excluding carboxylic acids is 2. The Kier molecular flexibility index (Phi) is 1.71. The molecule has 1 rings (SSSR count). The van der Waals surface area contributed by atoms with Gasteiger partial charge in [0.05, 0.1) is 6.54 Å². The van der Waals surface area contributed by atoms with E-state index < -0.39 is 0 Å². The van der Waals surface area contributed by atoms with E-state index in [2.05, 4.69) is 11.9 Å². The quantitative estimate of drug-likeness (QED) is 0.423. The highest BCUT2D eigenvalue weighted by atomic mass is 16.2. The zero-order chi connectivity index (χ0) is 7.56. The Labute approximate surface area is 58.5 Å². The molecule has 0 aromatic heterocycles. The van der Waals surface area contributed by atoms with Gasteiger partial charge in [-0.05, 0) is 0 Å². The summed E-state index contributed by atoms with van der Waals surface area (Å²) in [6.07, 6.45) is 1.52. The van der Waals surface area contributed by atoms with Crippen LogP contribution >= 0.6 is 0 Å². The zero-order valence-corrected chi connectivity index (χ0v) is 5.46. The molecule has 0 atom stereocenters. The summed E-state index contributed by atoms with van der Waals surface area (Å²) in [5, 5.41) is 2.39. The molecule has 0 aromatic rings. The van der Waals surface area contributed by atoms with Crippen LogP contribution in [0.5, 0.6) is 0 Å². The van der Waals surface area contributed by atoms with Gasteiger partial charge in [-0.1, -0.05) is 6.08 Å². The number of hydrogen-bond acceptors (Lipinski definition) is 2. The highest BCUT2D eigenvalue weighted by Gasteiger charge is 2.26. The third-order valence-corrected chi connectivity index (χ3v) is 1.25. The first-order valence-corrected chi connectivity index (χ1v) is 2.95. The lowest BCUT2D eigenvalue weighted by Crippen LogP contribution is -2.30. The summed E-state index contributed by atoms with van der Waals surface area (Å²) in [5.41, 5.74) is 0. The van der Waals surface area contributed by atoms with Crippen LogP contribution in [0.15, 0.2) is 12.7 Å². The SMILES string of the molecule is C=CCN1C(=O)CNC1=O. The average Bonchev–Trinajstić information content (AvgIpc) is 2.20. The summed E-state index contributed by atoms with van der Waals surface area (Å²) < 4.78 is 0. The minimum absolute atomic E-state index is 0.118. The fourth-order valence-corrected chi connectivity index (χ4v) is 0.769. The fraction of sp³-hybridized carbons (Fsp3) is 0.333. The first-order chi connectivity index (χ1) is 4.75. The molecule has 54 valence electrons. The molecule has 0 radical (unpaired) electrons. The van der Waals surface area contributed by atoms with E-state index >= 15 is 0 Å². The highest BCUT2D eigenvalue weighted by Crippen LogP contribution is 1.97. The second-order valence-electron chi connectivity index (χ2n) is 1.95. The number of nitrogens with zero attached hydrogens (tertiary/aromatic N) is 1. The number of nitrogens with one attached hydrogen (secondary N) is 1. The number of imide groups is 1. The molecule has 3 amide bonds. The number of carbonyl (C=O) groups is 2. The van der Waals surface area contributed by atoms with Crippen molar-refractivity contribution < 1.29 is 9.59 Å². The largest absolute Gasteiger partial charge is 0.329 e. The van der Waals surface area contributed by atoms with Gasteiger partial charge < -0.3 is 5.32 Å². The van der Waals surface area contributed by atoms with Crippen LogP contribution in [-0.4, -0.2) is 29.9 Å². The molecule has 1 saturated heterocycles. The van der Waals surface area contributed by atoms with Crippen LogP contribution in [-0.2, 0) is 4.79 Å². The Bertz CT molecular complexity index is 172. The van der Waals surface area contributed by atoms with Gasteiger partial charge in [-0.2, -0.15) is 0 Å². The van der Waals surface area contributed by atoms with Gasteiger partial charge in [-0.3, -0.25) is 9.69 Å². The lowest BCUT2D eigenvalue weighted by molar-refractivity contribution is -0.124. The molecule has 4 nitrogen and oxygen atoms in total. The molecule has 1 heterocycles. The molecule has 1 fully saturated rings. The van der Waals surface area contributed by atoms with Crippen LogP contribution in [0.4, 0.5) is 4.79 Å². The molecule has 1 aliphatic heterocycles. The summed E-state index contributed by atoms with van der Waals surface area (Å²) >= 11 is 0. The predicted molar refractivity (Wildman–Crippen MR) is 35.3 cm³/mol. The Morgan fingerprint density at radius 2 is 2.40 bits per heavy atom. The number of rotatable bonds is 2. The van der Waals surface area contributed by atoms with Gasteiger partial charge in [-0.25, -0.2) is 4.79 Å². The van der Waals surface area contributed by atoms with E-state index in [-0.39, 0.29) is 18.5 Å². The van der Waals surface area contributed by atoms with Crippen molar-refractivity contribution in [2.75, 3.05) is 13.1 Å². The van der Waals surface area contributed by atoms with Crippen molar-refractivity contribution in [2.45, 2.75) is 0 Å². The Hall–Kier alpha value is -1.32. The Balaban J connectivity index is 2.62. The van der Waals surface area contributed by atoms with Gasteiger partial charge >= 0.3 is 6.03 Å². The number of urea groups is 1. The third-order valence-electron chi connectivity index (χ3n) is 1.25. The van der Waals surface area contributed by atoms with Gasteiger partial charge in [-0.15, -0.1) is 6.58 Å². The highest BCUT2D eigenvalue weighted by molar-refractivity contribution is 6.02. The molecular formula is C6H8N2O2. The predicted octanol–water partition coefficient (Wildman–Crippen LogP) is -0.276. The number of amides is 3. The molecular weight excluding hydrogens is 132 g/mol. The minimum Gasteiger partial charge on any atom is -0.329 e. The van der Waals surface area contributed by atoms with Crippen molar-refractivity contribution in [3.05, 3.63) is 12.7 Å². The van der Waals surface area contributed by atoms with Crippen LogP contribution in [0.3, 0.4) is 0 Å². The molecule has 10 heavy (non-hydrogen) atoms. The van der Waals surface area contributed by atoms with Crippen LogP contribution in [0.2, 0.25) is 0 Å². The summed E-state index contributed by atoms with van der Waals surface area (Å²) in [5.74, 6) is -0.190. The van der Waals surface area contributed by atoms with Crippen LogP contribution in [0.1, 0.15) is 0 Å². The molecule has 0 aliphatic carbocycles. The van der Waals surface area contributed by atoms with E-state index in [9.17, 15) is 9.59 Å². The van der Waals surface area contributed by atoms with Crippen molar-refractivity contribution in [3.8, 4) is 0 Å². The van der Waals surface area contributed by atoms with Gasteiger partial charge in [0.2, 0.25) is 5.91 Å². The summed E-state index contributed by atoms with van der Waals surface area (Å²) in [6.45, 7) is 3.83. The standard InChI is InChI=1S/C6H8N2O2/c1-2-3-8-5(9)4-7-6(8)10/h2H,1,3-4H2,(H,7,10). The van der Waals surface area contributed by atoms with Crippen molar-refractivity contribution in [1.29, 1.82) is 0 Å². The van der Waals surface area contributed by atoms with E-state index in [1.807, 2.05) is 0 Å². The minimum atomic E-state index is -0.329. The molecule has 4 heteroatoms. The maximum absolute atomic E-state index is 10.8. The first-order valence-electron chi connectivity index (χ1n) is 2.95. The lowest BCUT2D eigenvalue weighted by Gasteiger charge is -2.06. The first kappa shape index (κ1) is 6.80. The molecule has 1 aliphatic rings. The lowest BCUT2D eigenvalue weighted by atomic mass is 10.5. The summed E-state index contributed by atoms with van der Waals surface area (Å²) in [6, 6.07) is -0.329. The monoisotopic (exact) mass is 140 g/mol. The molecule has 0 spiro atoms. The van der Waals surface area contributed by atoms with Crippen molar-refractivity contribution in [2.24, 2.45) is 0 Å². The van der Waals surface area contributed by atoms with Crippen molar-refractivity contribution in [3.63, 3.8) is 0 Å².